The van der Waals surface area contributed by atoms with Crippen molar-refractivity contribution in [1.82, 2.24) is 9.80 Å². The van der Waals surface area contributed by atoms with Crippen LogP contribution in [0.3, 0.4) is 0 Å². The highest BCUT2D eigenvalue weighted by Gasteiger charge is 2.39. The summed E-state index contributed by atoms with van der Waals surface area (Å²) >= 11 is 0. The Morgan fingerprint density at radius 3 is 2.31 bits per heavy atom. The first-order valence-corrected chi connectivity index (χ1v) is 10.2. The quantitative estimate of drug-likeness (QED) is 0.799. The van der Waals surface area contributed by atoms with Crippen molar-refractivity contribution in [3.05, 3.63) is 66.0 Å². The smallest absolute Gasteiger partial charge is 0.228 e. The lowest BCUT2D eigenvalue weighted by atomic mass is 10.1. The second-order valence-corrected chi connectivity index (χ2v) is 7.82. The van der Waals surface area contributed by atoms with Crippen molar-refractivity contribution in [1.29, 1.82) is 0 Å². The maximum atomic E-state index is 13.1. The van der Waals surface area contributed by atoms with E-state index in [0.29, 0.717) is 32.7 Å². The van der Waals surface area contributed by atoms with Crippen LogP contribution in [0.1, 0.15) is 24.9 Å². The molecule has 2 aromatic rings. The standard InChI is InChI=1S/C23H26FN3O2/c1-17(18-5-3-2-4-6-18)27-16-19(15-22(27)28)23(29)26-13-11-25(12-14-26)21-9-7-20(24)8-10-21/h2-10,17,19H,11-16H2,1H3/t17-,19-/m0/s1. The number of rotatable bonds is 4. The normalized spacial score (nSPS) is 20.8. The van der Waals surface area contributed by atoms with E-state index in [2.05, 4.69) is 4.90 Å². The number of hydrogen-bond acceptors (Lipinski definition) is 3. The summed E-state index contributed by atoms with van der Waals surface area (Å²) in [6.45, 7) is 5.15. The lowest BCUT2D eigenvalue weighted by molar-refractivity contribution is -0.136. The van der Waals surface area contributed by atoms with E-state index in [0.717, 1.165) is 11.3 Å². The zero-order chi connectivity index (χ0) is 20.4. The average molecular weight is 395 g/mol. The summed E-state index contributed by atoms with van der Waals surface area (Å²) < 4.78 is 13.1. The van der Waals surface area contributed by atoms with Crippen LogP contribution in [0.15, 0.2) is 54.6 Å². The van der Waals surface area contributed by atoms with Gasteiger partial charge in [-0.2, -0.15) is 0 Å². The highest BCUT2D eigenvalue weighted by molar-refractivity contribution is 5.89. The molecule has 0 radical (unpaired) electrons. The Hall–Kier alpha value is -2.89. The van der Waals surface area contributed by atoms with Gasteiger partial charge in [-0.25, -0.2) is 4.39 Å². The molecule has 2 aromatic carbocycles. The number of piperazine rings is 1. The second-order valence-electron chi connectivity index (χ2n) is 7.82. The first-order chi connectivity index (χ1) is 14.0. The van der Waals surface area contributed by atoms with Gasteiger partial charge in [0.25, 0.3) is 0 Å². The van der Waals surface area contributed by atoms with Gasteiger partial charge < -0.3 is 14.7 Å². The molecule has 0 spiro atoms. The fraction of sp³-hybridized carbons (Fsp3) is 0.391. The van der Waals surface area contributed by atoms with Gasteiger partial charge in [0.1, 0.15) is 5.82 Å². The molecule has 2 heterocycles. The predicted molar refractivity (Wildman–Crippen MR) is 110 cm³/mol. The lowest BCUT2D eigenvalue weighted by Crippen LogP contribution is -2.50. The van der Waals surface area contributed by atoms with E-state index in [4.69, 9.17) is 0 Å². The van der Waals surface area contributed by atoms with Crippen molar-refractivity contribution in [2.24, 2.45) is 5.92 Å². The van der Waals surface area contributed by atoms with Gasteiger partial charge >= 0.3 is 0 Å². The molecule has 2 aliphatic rings. The molecule has 0 bridgehead atoms. The number of amides is 2. The molecule has 6 heteroatoms. The molecule has 5 nitrogen and oxygen atoms in total. The van der Waals surface area contributed by atoms with E-state index < -0.39 is 0 Å². The Bertz CT molecular complexity index is 863. The Kier molecular flexibility index (Phi) is 5.51. The maximum Gasteiger partial charge on any atom is 0.228 e. The van der Waals surface area contributed by atoms with E-state index in [-0.39, 0.29) is 36.0 Å². The average Bonchev–Trinajstić information content (AvgIpc) is 3.15. The van der Waals surface area contributed by atoms with Crippen LogP contribution >= 0.6 is 0 Å². The Balaban J connectivity index is 1.34. The topological polar surface area (TPSA) is 43.9 Å². The van der Waals surface area contributed by atoms with Crippen LogP contribution in [0.2, 0.25) is 0 Å². The maximum absolute atomic E-state index is 13.1. The summed E-state index contributed by atoms with van der Waals surface area (Å²) in [5.41, 5.74) is 2.05. The third-order valence-corrected chi connectivity index (χ3v) is 6.04. The molecule has 0 aromatic heterocycles. The molecule has 29 heavy (non-hydrogen) atoms. The van der Waals surface area contributed by atoms with Gasteiger partial charge in [0, 0.05) is 44.8 Å². The summed E-state index contributed by atoms with van der Waals surface area (Å²) in [4.78, 5) is 31.4. The molecule has 0 saturated carbocycles. The summed E-state index contributed by atoms with van der Waals surface area (Å²) in [5, 5.41) is 0. The monoisotopic (exact) mass is 395 g/mol. The minimum atomic E-state index is -0.272. The van der Waals surface area contributed by atoms with Crippen LogP contribution in [-0.2, 0) is 9.59 Å². The van der Waals surface area contributed by atoms with Crippen molar-refractivity contribution in [2.75, 3.05) is 37.6 Å². The van der Waals surface area contributed by atoms with Crippen LogP contribution in [0.4, 0.5) is 10.1 Å². The molecule has 4 rings (SSSR count). The molecular formula is C23H26FN3O2. The van der Waals surface area contributed by atoms with Crippen molar-refractivity contribution in [2.45, 2.75) is 19.4 Å². The number of benzene rings is 2. The second kappa shape index (κ2) is 8.23. The van der Waals surface area contributed by atoms with Gasteiger partial charge in [-0.15, -0.1) is 0 Å². The summed E-state index contributed by atoms with van der Waals surface area (Å²) in [6, 6.07) is 16.3. The van der Waals surface area contributed by atoms with E-state index in [1.54, 1.807) is 12.1 Å². The highest BCUT2D eigenvalue weighted by Crippen LogP contribution is 2.29. The van der Waals surface area contributed by atoms with Gasteiger partial charge in [-0.3, -0.25) is 9.59 Å². The first kappa shape index (κ1) is 19.4. The largest absolute Gasteiger partial charge is 0.368 e. The number of anilines is 1. The van der Waals surface area contributed by atoms with E-state index in [1.165, 1.54) is 12.1 Å². The van der Waals surface area contributed by atoms with Gasteiger partial charge in [0.05, 0.1) is 12.0 Å². The number of hydrogen-bond donors (Lipinski definition) is 0. The molecule has 0 unspecified atom stereocenters. The number of halogens is 1. The fourth-order valence-electron chi connectivity index (χ4n) is 4.28. The zero-order valence-corrected chi connectivity index (χ0v) is 16.6. The Morgan fingerprint density at radius 1 is 1.00 bits per heavy atom. The number of carbonyl (C=O) groups is 2. The number of nitrogens with zero attached hydrogens (tertiary/aromatic N) is 3. The summed E-state index contributed by atoms with van der Waals surface area (Å²) in [5.74, 6) is -0.404. The zero-order valence-electron chi connectivity index (χ0n) is 16.6. The SMILES string of the molecule is C[C@@H](c1ccccc1)N1C[C@@H](C(=O)N2CCN(c3ccc(F)cc3)CC2)CC1=O. The highest BCUT2D eigenvalue weighted by atomic mass is 19.1. The molecule has 2 aliphatic heterocycles. The van der Waals surface area contributed by atoms with Crippen LogP contribution < -0.4 is 4.90 Å². The first-order valence-electron chi connectivity index (χ1n) is 10.2. The number of likely N-dealkylation sites (tertiary alicyclic amines) is 1. The van der Waals surface area contributed by atoms with Crippen molar-refractivity contribution >= 4 is 17.5 Å². The van der Waals surface area contributed by atoms with Gasteiger partial charge in [-0.1, -0.05) is 30.3 Å². The van der Waals surface area contributed by atoms with Gasteiger partial charge in [0.2, 0.25) is 11.8 Å². The summed E-state index contributed by atoms with van der Waals surface area (Å²) in [7, 11) is 0. The Labute approximate surface area is 170 Å². The van der Waals surface area contributed by atoms with Crippen LogP contribution in [0.5, 0.6) is 0 Å². The van der Waals surface area contributed by atoms with Crippen molar-refractivity contribution < 1.29 is 14.0 Å². The van der Waals surface area contributed by atoms with Crippen LogP contribution in [0, 0.1) is 11.7 Å². The molecular weight excluding hydrogens is 369 g/mol. The summed E-state index contributed by atoms with van der Waals surface area (Å²) in [6.07, 6.45) is 0.286. The van der Waals surface area contributed by atoms with Crippen molar-refractivity contribution in [3.8, 4) is 0 Å². The fourth-order valence-corrected chi connectivity index (χ4v) is 4.28. The minimum absolute atomic E-state index is 0.0307. The van der Waals surface area contributed by atoms with E-state index in [1.807, 2.05) is 47.1 Å². The molecule has 0 aliphatic carbocycles. The third-order valence-electron chi connectivity index (χ3n) is 6.04. The predicted octanol–water partition coefficient (Wildman–Crippen LogP) is 3.08. The molecule has 152 valence electrons. The minimum Gasteiger partial charge on any atom is -0.368 e. The van der Waals surface area contributed by atoms with E-state index >= 15 is 0 Å². The van der Waals surface area contributed by atoms with Gasteiger partial charge in [-0.05, 0) is 36.8 Å². The number of carbonyl (C=O) groups excluding carboxylic acids is 2. The van der Waals surface area contributed by atoms with E-state index in [9.17, 15) is 14.0 Å². The molecule has 2 atom stereocenters. The lowest BCUT2D eigenvalue weighted by Gasteiger charge is -2.37. The molecule has 0 N–H and O–H groups in total. The van der Waals surface area contributed by atoms with Crippen molar-refractivity contribution in [3.63, 3.8) is 0 Å². The molecule has 2 saturated heterocycles. The Morgan fingerprint density at radius 2 is 1.66 bits per heavy atom. The van der Waals surface area contributed by atoms with Gasteiger partial charge in [0.15, 0.2) is 0 Å². The van der Waals surface area contributed by atoms with Crippen LogP contribution in [-0.4, -0.2) is 54.3 Å². The third kappa shape index (κ3) is 4.11. The molecule has 2 fully saturated rings. The molecule has 2 amide bonds. The van der Waals surface area contributed by atoms with Crippen LogP contribution in [0.25, 0.3) is 0 Å².